The maximum Gasteiger partial charge on any atom is 0.196 e. The van der Waals surface area contributed by atoms with Gasteiger partial charge in [0.15, 0.2) is 17.5 Å². The van der Waals surface area contributed by atoms with Crippen LogP contribution >= 0.6 is 0 Å². The summed E-state index contributed by atoms with van der Waals surface area (Å²) in [5.74, 6) is -4.04. The molecule has 0 amide bonds. The molecule has 2 N–H and O–H groups in total. The zero-order valence-corrected chi connectivity index (χ0v) is 8.44. The maximum absolute atomic E-state index is 13.2. The highest BCUT2D eigenvalue weighted by atomic mass is 19.2. The maximum atomic E-state index is 13.2. The largest absolute Gasteiger partial charge is 0.394 e. The monoisotopic (exact) mass is 219 g/mol. The first kappa shape index (κ1) is 11.8. The first-order valence-corrected chi connectivity index (χ1v) is 4.40. The highest BCUT2D eigenvalue weighted by Gasteiger charge is 2.20. The molecular weight excluding hydrogens is 207 g/mol. The van der Waals surface area contributed by atoms with Gasteiger partial charge in [-0.3, -0.25) is 0 Å². The van der Waals surface area contributed by atoms with Gasteiger partial charge in [-0.1, -0.05) is 0 Å². The van der Waals surface area contributed by atoms with Crippen molar-refractivity contribution in [2.75, 3.05) is 11.9 Å². The Bertz CT molecular complexity index is 366. The summed E-state index contributed by atoms with van der Waals surface area (Å²) in [5.41, 5.74) is -0.974. The Morgan fingerprint density at radius 1 is 1.20 bits per heavy atom. The average Bonchev–Trinajstić information content (AvgIpc) is 2.19. The van der Waals surface area contributed by atoms with E-state index in [2.05, 4.69) is 5.32 Å². The number of anilines is 1. The molecule has 0 aliphatic carbocycles. The molecule has 0 aromatic heterocycles. The lowest BCUT2D eigenvalue weighted by Gasteiger charge is -2.25. The number of hydrogen-bond acceptors (Lipinski definition) is 2. The molecule has 0 fully saturated rings. The Labute approximate surface area is 85.7 Å². The lowest BCUT2D eigenvalue weighted by molar-refractivity contribution is 0.233. The molecular formula is C10H12F3NO. The van der Waals surface area contributed by atoms with E-state index in [0.29, 0.717) is 0 Å². The molecule has 1 rings (SSSR count). The Balaban J connectivity index is 3.02. The smallest absolute Gasteiger partial charge is 0.196 e. The molecule has 0 spiro atoms. The van der Waals surface area contributed by atoms with Crippen LogP contribution in [0.3, 0.4) is 0 Å². The van der Waals surface area contributed by atoms with Gasteiger partial charge in [0, 0.05) is 0 Å². The van der Waals surface area contributed by atoms with Crippen molar-refractivity contribution in [2.24, 2.45) is 0 Å². The van der Waals surface area contributed by atoms with E-state index in [9.17, 15) is 13.2 Å². The summed E-state index contributed by atoms with van der Waals surface area (Å²) in [6, 6.07) is 1.92. The molecule has 1 aromatic rings. The third kappa shape index (κ3) is 2.62. The molecule has 5 heteroatoms. The molecule has 1 aromatic carbocycles. The molecule has 0 aliphatic rings. The van der Waals surface area contributed by atoms with Crippen molar-refractivity contribution in [2.45, 2.75) is 19.4 Å². The molecule has 0 heterocycles. The molecule has 0 saturated carbocycles. The number of hydrogen-bond donors (Lipinski definition) is 2. The normalized spacial score (nSPS) is 11.6. The highest BCUT2D eigenvalue weighted by Crippen LogP contribution is 2.22. The molecule has 0 atom stereocenters. The van der Waals surface area contributed by atoms with Crippen LogP contribution in [0.25, 0.3) is 0 Å². The second-order valence-corrected chi connectivity index (χ2v) is 3.89. The van der Waals surface area contributed by atoms with Crippen LogP contribution in [-0.2, 0) is 0 Å². The number of benzene rings is 1. The van der Waals surface area contributed by atoms with E-state index in [0.717, 1.165) is 12.1 Å². The Kier molecular flexibility index (Phi) is 3.24. The fourth-order valence-electron chi connectivity index (χ4n) is 1.03. The van der Waals surface area contributed by atoms with Crippen molar-refractivity contribution < 1.29 is 18.3 Å². The number of aliphatic hydroxyl groups is 1. The summed E-state index contributed by atoms with van der Waals surface area (Å²) in [4.78, 5) is 0. The highest BCUT2D eigenvalue weighted by molar-refractivity contribution is 5.47. The molecule has 0 aliphatic heterocycles. The summed E-state index contributed by atoms with van der Waals surface area (Å²) >= 11 is 0. The lowest BCUT2D eigenvalue weighted by atomic mass is 10.1. The van der Waals surface area contributed by atoms with Gasteiger partial charge in [0.05, 0.1) is 17.8 Å². The standard InChI is InChI=1S/C10H12F3NO/c1-10(2,5-15)14-7-4-3-6(11)8(12)9(7)13/h3-4,14-15H,5H2,1-2H3. The van der Waals surface area contributed by atoms with Gasteiger partial charge in [0.25, 0.3) is 0 Å². The van der Waals surface area contributed by atoms with E-state index in [1.54, 1.807) is 13.8 Å². The first-order valence-electron chi connectivity index (χ1n) is 4.40. The Morgan fingerprint density at radius 2 is 1.80 bits per heavy atom. The number of aliphatic hydroxyl groups excluding tert-OH is 1. The molecule has 15 heavy (non-hydrogen) atoms. The van der Waals surface area contributed by atoms with Crippen LogP contribution in [0.4, 0.5) is 18.9 Å². The van der Waals surface area contributed by atoms with Crippen molar-refractivity contribution in [1.82, 2.24) is 0 Å². The van der Waals surface area contributed by atoms with Gasteiger partial charge in [0.2, 0.25) is 0 Å². The molecule has 2 nitrogen and oxygen atoms in total. The third-order valence-electron chi connectivity index (χ3n) is 1.90. The van der Waals surface area contributed by atoms with Crippen molar-refractivity contribution >= 4 is 5.69 Å². The van der Waals surface area contributed by atoms with Crippen LogP contribution < -0.4 is 5.32 Å². The first-order chi connectivity index (χ1) is 6.87. The summed E-state index contributed by atoms with van der Waals surface area (Å²) < 4.78 is 38.6. The van der Waals surface area contributed by atoms with Crippen molar-refractivity contribution in [3.05, 3.63) is 29.6 Å². The minimum atomic E-state index is -1.52. The van der Waals surface area contributed by atoms with Gasteiger partial charge in [-0.25, -0.2) is 13.2 Å². The van der Waals surface area contributed by atoms with Gasteiger partial charge >= 0.3 is 0 Å². The number of nitrogens with one attached hydrogen (secondary N) is 1. The lowest BCUT2D eigenvalue weighted by Crippen LogP contribution is -2.35. The van der Waals surface area contributed by atoms with Gasteiger partial charge in [-0.2, -0.15) is 0 Å². The quantitative estimate of drug-likeness (QED) is 0.764. The van der Waals surface area contributed by atoms with E-state index >= 15 is 0 Å². The van der Waals surface area contributed by atoms with Crippen molar-refractivity contribution in [3.63, 3.8) is 0 Å². The predicted molar refractivity (Wildman–Crippen MR) is 51.1 cm³/mol. The fourth-order valence-corrected chi connectivity index (χ4v) is 1.03. The van der Waals surface area contributed by atoms with E-state index in [1.807, 2.05) is 0 Å². The van der Waals surface area contributed by atoms with Crippen LogP contribution in [0.5, 0.6) is 0 Å². The van der Waals surface area contributed by atoms with Gasteiger partial charge in [0.1, 0.15) is 0 Å². The van der Waals surface area contributed by atoms with Gasteiger partial charge < -0.3 is 10.4 Å². The van der Waals surface area contributed by atoms with Crippen LogP contribution in [0.2, 0.25) is 0 Å². The summed E-state index contributed by atoms with van der Waals surface area (Å²) in [5, 5.41) is 11.5. The Hall–Kier alpha value is -1.23. The zero-order valence-electron chi connectivity index (χ0n) is 8.44. The summed E-state index contributed by atoms with van der Waals surface area (Å²) in [6.07, 6.45) is 0. The number of rotatable bonds is 3. The van der Waals surface area contributed by atoms with Gasteiger partial charge in [-0.05, 0) is 26.0 Å². The Morgan fingerprint density at radius 3 is 2.33 bits per heavy atom. The molecule has 0 saturated heterocycles. The summed E-state index contributed by atoms with van der Waals surface area (Å²) in [6.45, 7) is 2.95. The van der Waals surface area contributed by atoms with Crippen LogP contribution in [0.15, 0.2) is 12.1 Å². The van der Waals surface area contributed by atoms with Crippen LogP contribution in [0.1, 0.15) is 13.8 Å². The van der Waals surface area contributed by atoms with E-state index < -0.39 is 23.0 Å². The van der Waals surface area contributed by atoms with Crippen LogP contribution in [-0.4, -0.2) is 17.3 Å². The average molecular weight is 219 g/mol. The molecule has 0 unspecified atom stereocenters. The molecule has 84 valence electrons. The minimum absolute atomic E-state index is 0.173. The second kappa shape index (κ2) is 4.10. The molecule has 0 radical (unpaired) electrons. The summed E-state index contributed by atoms with van der Waals surface area (Å²) in [7, 11) is 0. The minimum Gasteiger partial charge on any atom is -0.394 e. The third-order valence-corrected chi connectivity index (χ3v) is 1.90. The van der Waals surface area contributed by atoms with Crippen molar-refractivity contribution in [3.8, 4) is 0 Å². The SMILES string of the molecule is CC(C)(CO)Nc1ccc(F)c(F)c1F. The van der Waals surface area contributed by atoms with E-state index in [4.69, 9.17) is 5.11 Å². The predicted octanol–water partition coefficient (Wildman–Crippen LogP) is 2.29. The van der Waals surface area contributed by atoms with Crippen LogP contribution in [0, 0.1) is 17.5 Å². The van der Waals surface area contributed by atoms with Gasteiger partial charge in [-0.15, -0.1) is 0 Å². The topological polar surface area (TPSA) is 32.3 Å². The van der Waals surface area contributed by atoms with E-state index in [1.165, 1.54) is 0 Å². The fraction of sp³-hybridized carbons (Fsp3) is 0.400. The number of halogens is 3. The second-order valence-electron chi connectivity index (χ2n) is 3.89. The van der Waals surface area contributed by atoms with E-state index in [-0.39, 0.29) is 12.3 Å². The zero-order chi connectivity index (χ0) is 11.6. The molecule has 0 bridgehead atoms. The van der Waals surface area contributed by atoms with Crippen molar-refractivity contribution in [1.29, 1.82) is 0 Å².